The quantitative estimate of drug-likeness (QED) is 0.808. The van der Waals surface area contributed by atoms with Crippen molar-refractivity contribution in [3.05, 3.63) is 28.2 Å². The molecule has 7 heteroatoms. The molecule has 2 amide bonds. The first-order chi connectivity index (χ1) is 9.81. The van der Waals surface area contributed by atoms with E-state index < -0.39 is 18.0 Å². The number of benzene rings is 1. The summed E-state index contributed by atoms with van der Waals surface area (Å²) in [6, 6.07) is 3.45. The highest BCUT2D eigenvalue weighted by Crippen LogP contribution is 2.22. The van der Waals surface area contributed by atoms with Crippen molar-refractivity contribution in [2.45, 2.75) is 26.3 Å². The lowest BCUT2D eigenvalue weighted by molar-refractivity contribution is -0.143. The zero-order valence-corrected chi connectivity index (χ0v) is 13.6. The number of amides is 2. The molecule has 21 heavy (non-hydrogen) atoms. The number of carbonyl (C=O) groups is 2. The van der Waals surface area contributed by atoms with Gasteiger partial charge in [-0.3, -0.25) is 0 Å². The van der Waals surface area contributed by atoms with Crippen molar-refractivity contribution in [2.24, 2.45) is 5.92 Å². The van der Waals surface area contributed by atoms with Crippen LogP contribution in [0.2, 0.25) is 10.0 Å². The first-order valence-electron chi connectivity index (χ1n) is 6.43. The van der Waals surface area contributed by atoms with Gasteiger partial charge in [0.1, 0.15) is 6.04 Å². The lowest BCUT2D eigenvalue weighted by atomic mass is 10.0. The molecule has 0 radical (unpaired) electrons. The minimum Gasteiger partial charge on any atom is -0.467 e. The van der Waals surface area contributed by atoms with E-state index in [4.69, 9.17) is 23.2 Å². The van der Waals surface area contributed by atoms with Gasteiger partial charge in [0, 0.05) is 15.7 Å². The van der Waals surface area contributed by atoms with E-state index in [0.29, 0.717) is 22.2 Å². The fourth-order valence-electron chi connectivity index (χ4n) is 1.78. The van der Waals surface area contributed by atoms with Gasteiger partial charge in [-0.15, -0.1) is 0 Å². The van der Waals surface area contributed by atoms with E-state index in [1.807, 2.05) is 13.8 Å². The Morgan fingerprint density at radius 3 is 2.24 bits per heavy atom. The summed E-state index contributed by atoms with van der Waals surface area (Å²) in [6.45, 7) is 3.90. The van der Waals surface area contributed by atoms with E-state index in [0.717, 1.165) is 0 Å². The molecular weight excluding hydrogens is 315 g/mol. The molecule has 1 rings (SSSR count). The SMILES string of the molecule is COC(=O)[C@@H](CC(C)C)NC(=O)Nc1cc(Cl)cc(Cl)c1. The van der Waals surface area contributed by atoms with Gasteiger partial charge in [0.25, 0.3) is 0 Å². The number of hydrogen-bond acceptors (Lipinski definition) is 3. The summed E-state index contributed by atoms with van der Waals surface area (Å²) in [5.74, 6) is -0.252. The van der Waals surface area contributed by atoms with Crippen LogP contribution in [0.1, 0.15) is 20.3 Å². The molecule has 0 aliphatic carbocycles. The monoisotopic (exact) mass is 332 g/mol. The Labute approximate surface area is 133 Å². The summed E-state index contributed by atoms with van der Waals surface area (Å²) in [5, 5.41) is 5.97. The Balaban J connectivity index is 2.71. The first kappa shape index (κ1) is 17.6. The molecular formula is C14H18Cl2N2O3. The van der Waals surface area contributed by atoms with Crippen LogP contribution in [0, 0.1) is 5.92 Å². The molecule has 5 nitrogen and oxygen atoms in total. The minimum absolute atomic E-state index is 0.231. The van der Waals surface area contributed by atoms with Gasteiger partial charge >= 0.3 is 12.0 Å². The predicted molar refractivity (Wildman–Crippen MR) is 83.9 cm³/mol. The summed E-state index contributed by atoms with van der Waals surface area (Å²) in [6.07, 6.45) is 0.483. The molecule has 1 aromatic carbocycles. The summed E-state index contributed by atoms with van der Waals surface area (Å²) >= 11 is 11.7. The van der Waals surface area contributed by atoms with Crippen LogP contribution in [-0.2, 0) is 9.53 Å². The highest BCUT2D eigenvalue weighted by atomic mass is 35.5. The van der Waals surface area contributed by atoms with Gasteiger partial charge in [0.2, 0.25) is 0 Å². The maximum absolute atomic E-state index is 11.9. The van der Waals surface area contributed by atoms with Crippen molar-refractivity contribution < 1.29 is 14.3 Å². The van der Waals surface area contributed by atoms with E-state index in [2.05, 4.69) is 15.4 Å². The van der Waals surface area contributed by atoms with Gasteiger partial charge in [0.15, 0.2) is 0 Å². The van der Waals surface area contributed by atoms with Gasteiger partial charge in [0.05, 0.1) is 7.11 Å². The molecule has 116 valence electrons. The van der Waals surface area contributed by atoms with E-state index >= 15 is 0 Å². The molecule has 2 N–H and O–H groups in total. The van der Waals surface area contributed by atoms with Gasteiger partial charge in [-0.25, -0.2) is 9.59 Å². The number of rotatable bonds is 5. The van der Waals surface area contributed by atoms with Crippen molar-refractivity contribution in [1.82, 2.24) is 5.32 Å². The fraction of sp³-hybridized carbons (Fsp3) is 0.429. The summed E-state index contributed by atoms with van der Waals surface area (Å²) in [4.78, 5) is 23.6. The molecule has 1 atom stereocenters. The average Bonchev–Trinajstić information content (AvgIpc) is 2.34. The first-order valence-corrected chi connectivity index (χ1v) is 7.19. The second-order valence-electron chi connectivity index (χ2n) is 4.96. The molecule has 0 aromatic heterocycles. The second-order valence-corrected chi connectivity index (χ2v) is 5.83. The van der Waals surface area contributed by atoms with Crippen LogP contribution < -0.4 is 10.6 Å². The Hall–Kier alpha value is -1.46. The van der Waals surface area contributed by atoms with Crippen molar-refractivity contribution in [1.29, 1.82) is 0 Å². The Morgan fingerprint density at radius 2 is 1.76 bits per heavy atom. The second kappa shape index (κ2) is 8.10. The fourth-order valence-corrected chi connectivity index (χ4v) is 2.31. The lowest BCUT2D eigenvalue weighted by Gasteiger charge is -2.18. The third-order valence-electron chi connectivity index (χ3n) is 2.62. The molecule has 1 aromatic rings. The van der Waals surface area contributed by atoms with Crippen molar-refractivity contribution >= 4 is 40.9 Å². The van der Waals surface area contributed by atoms with Gasteiger partial charge in [-0.1, -0.05) is 37.0 Å². The molecule has 0 unspecified atom stereocenters. The van der Waals surface area contributed by atoms with Crippen LogP contribution in [0.15, 0.2) is 18.2 Å². The molecule has 0 aliphatic rings. The third-order valence-corrected chi connectivity index (χ3v) is 3.05. The number of nitrogens with one attached hydrogen (secondary N) is 2. The molecule has 0 fully saturated rings. The predicted octanol–water partition coefficient (Wildman–Crippen LogP) is 3.70. The number of hydrogen-bond donors (Lipinski definition) is 2. The molecule has 0 bridgehead atoms. The minimum atomic E-state index is -0.704. The number of carbonyl (C=O) groups excluding carboxylic acids is 2. The number of ether oxygens (including phenoxy) is 1. The van der Waals surface area contributed by atoms with Crippen LogP contribution >= 0.6 is 23.2 Å². The van der Waals surface area contributed by atoms with Gasteiger partial charge in [-0.05, 0) is 30.5 Å². The lowest BCUT2D eigenvalue weighted by Crippen LogP contribution is -2.44. The van der Waals surface area contributed by atoms with Crippen LogP contribution in [0.5, 0.6) is 0 Å². The van der Waals surface area contributed by atoms with Gasteiger partial charge in [-0.2, -0.15) is 0 Å². The standard InChI is InChI=1S/C14H18Cl2N2O3/c1-8(2)4-12(13(19)21-3)18-14(20)17-11-6-9(15)5-10(16)7-11/h5-8,12H,4H2,1-3H3,(H2,17,18,20)/t12-/m1/s1. The van der Waals surface area contributed by atoms with Crippen LogP contribution in [0.4, 0.5) is 10.5 Å². The van der Waals surface area contributed by atoms with E-state index in [1.165, 1.54) is 7.11 Å². The zero-order chi connectivity index (χ0) is 16.0. The van der Waals surface area contributed by atoms with Crippen LogP contribution in [0.25, 0.3) is 0 Å². The number of methoxy groups -OCH3 is 1. The summed E-state index contributed by atoms with van der Waals surface area (Å²) < 4.78 is 4.68. The average molecular weight is 333 g/mol. The maximum Gasteiger partial charge on any atom is 0.328 e. The van der Waals surface area contributed by atoms with E-state index in [9.17, 15) is 9.59 Å². The number of halogens is 2. The third kappa shape index (κ3) is 6.23. The number of anilines is 1. The topological polar surface area (TPSA) is 67.4 Å². The Kier molecular flexibility index (Phi) is 6.78. The number of esters is 1. The van der Waals surface area contributed by atoms with Crippen molar-refractivity contribution in [3.8, 4) is 0 Å². The highest BCUT2D eigenvalue weighted by molar-refractivity contribution is 6.35. The maximum atomic E-state index is 11.9. The van der Waals surface area contributed by atoms with Crippen LogP contribution in [0.3, 0.4) is 0 Å². The number of urea groups is 1. The molecule has 0 spiro atoms. The van der Waals surface area contributed by atoms with E-state index in [-0.39, 0.29) is 5.92 Å². The smallest absolute Gasteiger partial charge is 0.328 e. The molecule has 0 aliphatic heterocycles. The molecule has 0 saturated heterocycles. The van der Waals surface area contributed by atoms with Gasteiger partial charge < -0.3 is 15.4 Å². The zero-order valence-electron chi connectivity index (χ0n) is 12.1. The van der Waals surface area contributed by atoms with Crippen molar-refractivity contribution in [3.63, 3.8) is 0 Å². The van der Waals surface area contributed by atoms with E-state index in [1.54, 1.807) is 18.2 Å². The molecule has 0 heterocycles. The Bertz CT molecular complexity index is 501. The van der Waals surface area contributed by atoms with Crippen molar-refractivity contribution in [2.75, 3.05) is 12.4 Å². The Morgan fingerprint density at radius 1 is 1.19 bits per heavy atom. The summed E-state index contributed by atoms with van der Waals surface area (Å²) in [5.41, 5.74) is 0.443. The normalized spacial score (nSPS) is 11.9. The largest absolute Gasteiger partial charge is 0.467 e. The molecule has 0 saturated carbocycles. The van der Waals surface area contributed by atoms with Crippen LogP contribution in [-0.4, -0.2) is 25.2 Å². The summed E-state index contributed by atoms with van der Waals surface area (Å²) in [7, 11) is 1.28. The highest BCUT2D eigenvalue weighted by Gasteiger charge is 2.22.